The maximum absolute atomic E-state index is 11.4. The van der Waals surface area contributed by atoms with E-state index in [9.17, 15) is 4.79 Å². The molecule has 1 rings (SSSR count). The number of nitrogens with one attached hydrogen (secondary N) is 1. The van der Waals surface area contributed by atoms with Crippen molar-refractivity contribution in [2.24, 2.45) is 5.10 Å². The Balaban J connectivity index is 2.21. The van der Waals surface area contributed by atoms with Gasteiger partial charge in [-0.05, 0) is 25.5 Å². The maximum atomic E-state index is 11.4. The summed E-state index contributed by atoms with van der Waals surface area (Å²) in [6.45, 7) is 3.91. The molecule has 0 aromatic heterocycles. The van der Waals surface area contributed by atoms with E-state index in [4.69, 9.17) is 0 Å². The number of carbonyl (C=O) groups excluding carboxylic acids is 1. The summed E-state index contributed by atoms with van der Waals surface area (Å²) in [4.78, 5) is 12.6. The van der Waals surface area contributed by atoms with Crippen molar-refractivity contribution in [1.29, 1.82) is 0 Å². The monoisotopic (exact) mass is 250 g/mol. The topological polar surface area (TPSA) is 41.5 Å². The number of hydrogen-bond acceptors (Lipinski definition) is 3. The van der Waals surface area contributed by atoms with Crippen LogP contribution in [0.3, 0.4) is 0 Å². The molecule has 0 aliphatic carbocycles. The Morgan fingerprint density at radius 1 is 1.35 bits per heavy atom. The summed E-state index contributed by atoms with van der Waals surface area (Å²) in [5.41, 5.74) is 3.49. The second-order valence-corrected chi connectivity index (χ2v) is 4.82. The molecule has 0 radical (unpaired) electrons. The van der Waals surface area contributed by atoms with Crippen LogP contribution < -0.4 is 5.43 Å². The first-order chi connectivity index (χ1) is 8.22. The van der Waals surface area contributed by atoms with Crippen LogP contribution in [0.1, 0.15) is 26.7 Å². The van der Waals surface area contributed by atoms with Gasteiger partial charge in [0.25, 0.3) is 0 Å². The molecule has 1 aromatic carbocycles. The lowest BCUT2D eigenvalue weighted by molar-refractivity contribution is -0.120. The van der Waals surface area contributed by atoms with E-state index in [1.165, 1.54) is 4.90 Å². The number of hydrazone groups is 1. The van der Waals surface area contributed by atoms with Gasteiger partial charge in [-0.25, -0.2) is 5.43 Å². The zero-order valence-corrected chi connectivity index (χ0v) is 11.1. The number of hydrogen-bond donors (Lipinski definition) is 1. The third kappa shape index (κ3) is 6.12. The molecular weight excluding hydrogens is 232 g/mol. The molecular formula is C13H18N2OS. The molecule has 0 heterocycles. The molecule has 1 amide bonds. The van der Waals surface area contributed by atoms with Gasteiger partial charge in [0.05, 0.1) is 0 Å². The minimum atomic E-state index is -0.0266. The Hall–Kier alpha value is -1.29. The van der Waals surface area contributed by atoms with E-state index in [1.807, 2.05) is 44.2 Å². The van der Waals surface area contributed by atoms with E-state index in [1.54, 1.807) is 11.8 Å². The van der Waals surface area contributed by atoms with E-state index in [0.29, 0.717) is 6.42 Å². The summed E-state index contributed by atoms with van der Waals surface area (Å²) in [6.07, 6.45) is 1.35. The molecule has 0 spiro atoms. The largest absolute Gasteiger partial charge is 0.273 e. The summed E-state index contributed by atoms with van der Waals surface area (Å²) in [5.74, 6) is 0.748. The van der Waals surface area contributed by atoms with Crippen LogP contribution in [-0.4, -0.2) is 17.4 Å². The van der Waals surface area contributed by atoms with Gasteiger partial charge in [0, 0.05) is 22.8 Å². The van der Waals surface area contributed by atoms with Gasteiger partial charge in [0.2, 0.25) is 5.91 Å². The van der Waals surface area contributed by atoms with Crippen LogP contribution in [-0.2, 0) is 4.79 Å². The number of thioether (sulfide) groups is 1. The van der Waals surface area contributed by atoms with Crippen molar-refractivity contribution in [3.8, 4) is 0 Å². The molecule has 0 bridgehead atoms. The fraction of sp³-hybridized carbons (Fsp3) is 0.385. The van der Waals surface area contributed by atoms with Gasteiger partial charge in [0.1, 0.15) is 0 Å². The molecule has 3 nitrogen and oxygen atoms in total. The van der Waals surface area contributed by atoms with Crippen molar-refractivity contribution in [1.82, 2.24) is 5.43 Å². The lowest BCUT2D eigenvalue weighted by Crippen LogP contribution is -2.19. The summed E-state index contributed by atoms with van der Waals surface area (Å²) in [6, 6.07) is 10.1. The highest BCUT2D eigenvalue weighted by molar-refractivity contribution is 7.99. The van der Waals surface area contributed by atoms with Gasteiger partial charge < -0.3 is 0 Å². The van der Waals surface area contributed by atoms with E-state index in [2.05, 4.69) is 10.5 Å². The van der Waals surface area contributed by atoms with Crippen LogP contribution >= 0.6 is 11.8 Å². The molecule has 0 aliphatic heterocycles. The predicted molar refractivity (Wildman–Crippen MR) is 73.3 cm³/mol. The normalized spacial score (nSPS) is 11.3. The van der Waals surface area contributed by atoms with Crippen LogP contribution in [0, 0.1) is 0 Å². The van der Waals surface area contributed by atoms with Gasteiger partial charge in [0.15, 0.2) is 0 Å². The molecule has 4 heteroatoms. The summed E-state index contributed by atoms with van der Waals surface area (Å²) in [7, 11) is 0. The number of amides is 1. The smallest absolute Gasteiger partial charge is 0.240 e. The SMILES string of the molecule is CC/C(C)=N\NC(=O)CCSc1ccccc1. The van der Waals surface area contributed by atoms with Crippen molar-refractivity contribution in [3.05, 3.63) is 30.3 Å². The van der Waals surface area contributed by atoms with E-state index >= 15 is 0 Å². The van der Waals surface area contributed by atoms with Gasteiger partial charge >= 0.3 is 0 Å². The molecule has 0 fully saturated rings. The highest BCUT2D eigenvalue weighted by Crippen LogP contribution is 2.17. The molecule has 92 valence electrons. The molecule has 0 saturated carbocycles. The minimum Gasteiger partial charge on any atom is -0.273 e. The third-order valence-electron chi connectivity index (χ3n) is 2.22. The fourth-order valence-electron chi connectivity index (χ4n) is 1.07. The first kappa shape index (κ1) is 13.8. The van der Waals surface area contributed by atoms with Crippen LogP contribution in [0.4, 0.5) is 0 Å². The van der Waals surface area contributed by atoms with Crippen LogP contribution in [0.2, 0.25) is 0 Å². The van der Waals surface area contributed by atoms with Crippen molar-refractivity contribution in [3.63, 3.8) is 0 Å². The predicted octanol–water partition coefficient (Wildman–Crippen LogP) is 3.07. The fourth-order valence-corrected chi connectivity index (χ4v) is 1.94. The van der Waals surface area contributed by atoms with Gasteiger partial charge in [-0.2, -0.15) is 5.10 Å². The van der Waals surface area contributed by atoms with Crippen molar-refractivity contribution >= 4 is 23.4 Å². The average Bonchev–Trinajstić information content (AvgIpc) is 2.37. The van der Waals surface area contributed by atoms with E-state index < -0.39 is 0 Å². The number of rotatable bonds is 6. The molecule has 17 heavy (non-hydrogen) atoms. The Morgan fingerprint density at radius 3 is 2.71 bits per heavy atom. The van der Waals surface area contributed by atoms with Gasteiger partial charge in [-0.15, -0.1) is 11.8 Å². The maximum Gasteiger partial charge on any atom is 0.240 e. The summed E-state index contributed by atoms with van der Waals surface area (Å²) < 4.78 is 0. The minimum absolute atomic E-state index is 0.0266. The molecule has 1 aromatic rings. The molecule has 0 unspecified atom stereocenters. The van der Waals surface area contributed by atoms with Gasteiger partial charge in [-0.3, -0.25) is 4.79 Å². The Labute approximate surface area is 107 Å². The molecule has 0 atom stereocenters. The van der Waals surface area contributed by atoms with Crippen LogP contribution in [0.5, 0.6) is 0 Å². The second-order valence-electron chi connectivity index (χ2n) is 3.65. The lowest BCUT2D eigenvalue weighted by Gasteiger charge is -2.01. The zero-order valence-electron chi connectivity index (χ0n) is 10.3. The Kier molecular flexibility index (Phi) is 6.40. The van der Waals surface area contributed by atoms with E-state index in [-0.39, 0.29) is 5.91 Å². The highest BCUT2D eigenvalue weighted by atomic mass is 32.2. The molecule has 1 N–H and O–H groups in total. The summed E-state index contributed by atoms with van der Waals surface area (Å²) >= 11 is 1.68. The zero-order chi connectivity index (χ0) is 12.5. The third-order valence-corrected chi connectivity index (χ3v) is 3.24. The van der Waals surface area contributed by atoms with Crippen molar-refractivity contribution in [2.45, 2.75) is 31.6 Å². The van der Waals surface area contributed by atoms with E-state index in [0.717, 1.165) is 17.9 Å². The highest BCUT2D eigenvalue weighted by Gasteiger charge is 2.00. The standard InChI is InChI=1S/C13H18N2OS/c1-3-11(2)14-15-13(16)9-10-17-12-7-5-4-6-8-12/h4-8H,3,9-10H2,1-2H3,(H,15,16)/b14-11-. The first-order valence-electron chi connectivity index (χ1n) is 5.72. The van der Waals surface area contributed by atoms with Crippen molar-refractivity contribution < 1.29 is 4.79 Å². The quantitative estimate of drug-likeness (QED) is 0.479. The second kappa shape index (κ2) is 7.90. The average molecular weight is 250 g/mol. The number of nitrogens with zero attached hydrogens (tertiary/aromatic N) is 1. The molecule has 0 saturated heterocycles. The summed E-state index contributed by atoms with van der Waals surface area (Å²) in [5, 5.41) is 3.98. The number of benzene rings is 1. The lowest BCUT2D eigenvalue weighted by atomic mass is 10.3. The van der Waals surface area contributed by atoms with Crippen molar-refractivity contribution in [2.75, 3.05) is 5.75 Å². The Morgan fingerprint density at radius 2 is 2.06 bits per heavy atom. The number of carbonyl (C=O) groups is 1. The van der Waals surface area contributed by atoms with Crippen LogP contribution in [0.15, 0.2) is 40.3 Å². The Bertz CT molecular complexity index is 376. The van der Waals surface area contributed by atoms with Gasteiger partial charge in [-0.1, -0.05) is 25.1 Å². The first-order valence-corrected chi connectivity index (χ1v) is 6.70. The van der Waals surface area contributed by atoms with Crippen LogP contribution in [0.25, 0.3) is 0 Å². The molecule has 0 aliphatic rings.